The standard InChI is InChI=1S/C20H24N6O3/c1-12-5-6-16(7-13(12)2)26-19-18(22-23-26)20(28)25(11-21-19)10-17(27)24-8-14(3)29-15(4)9-24/h5-7,11,14-15H,8-10H2,1-4H3/t14-,15-/m0/s1. The highest BCUT2D eigenvalue weighted by atomic mass is 16.5. The molecule has 1 amide bonds. The van der Waals surface area contributed by atoms with E-state index in [0.717, 1.165) is 11.3 Å². The fraction of sp³-hybridized carbons (Fsp3) is 0.450. The predicted molar refractivity (Wildman–Crippen MR) is 107 cm³/mol. The van der Waals surface area contributed by atoms with Gasteiger partial charge in [-0.1, -0.05) is 11.3 Å². The van der Waals surface area contributed by atoms with Crippen LogP contribution in [0.3, 0.4) is 0 Å². The number of nitrogens with zero attached hydrogens (tertiary/aromatic N) is 6. The van der Waals surface area contributed by atoms with E-state index in [1.54, 1.807) is 9.58 Å². The summed E-state index contributed by atoms with van der Waals surface area (Å²) in [7, 11) is 0. The lowest BCUT2D eigenvalue weighted by atomic mass is 10.1. The van der Waals surface area contributed by atoms with Crippen molar-refractivity contribution in [3.63, 3.8) is 0 Å². The van der Waals surface area contributed by atoms with Crippen LogP contribution in [0.5, 0.6) is 0 Å². The fourth-order valence-electron chi connectivity index (χ4n) is 3.62. The molecule has 3 heterocycles. The van der Waals surface area contributed by atoms with Crippen LogP contribution in [0.4, 0.5) is 0 Å². The lowest BCUT2D eigenvalue weighted by Gasteiger charge is -2.35. The first-order valence-corrected chi connectivity index (χ1v) is 9.65. The average Bonchev–Trinajstić information content (AvgIpc) is 3.10. The van der Waals surface area contributed by atoms with Gasteiger partial charge in [-0.25, -0.2) is 4.98 Å². The van der Waals surface area contributed by atoms with Gasteiger partial charge in [0.25, 0.3) is 5.56 Å². The monoisotopic (exact) mass is 396 g/mol. The van der Waals surface area contributed by atoms with Crippen molar-refractivity contribution in [1.82, 2.24) is 29.4 Å². The summed E-state index contributed by atoms with van der Waals surface area (Å²) in [5.74, 6) is -0.142. The number of morpholine rings is 1. The average molecular weight is 396 g/mol. The molecule has 1 fully saturated rings. The van der Waals surface area contributed by atoms with Gasteiger partial charge in [0.05, 0.1) is 17.9 Å². The molecule has 152 valence electrons. The van der Waals surface area contributed by atoms with Gasteiger partial charge in [-0.3, -0.25) is 14.2 Å². The molecule has 3 aromatic rings. The Hall–Kier alpha value is -3.07. The number of fused-ring (bicyclic) bond motifs is 1. The summed E-state index contributed by atoms with van der Waals surface area (Å²) in [5.41, 5.74) is 3.19. The molecule has 29 heavy (non-hydrogen) atoms. The molecular weight excluding hydrogens is 372 g/mol. The second-order valence-electron chi connectivity index (χ2n) is 7.68. The van der Waals surface area contributed by atoms with Crippen molar-refractivity contribution >= 4 is 17.1 Å². The van der Waals surface area contributed by atoms with Crippen molar-refractivity contribution < 1.29 is 9.53 Å². The van der Waals surface area contributed by atoms with Crippen LogP contribution < -0.4 is 5.56 Å². The molecule has 1 saturated heterocycles. The molecule has 1 aliphatic heterocycles. The van der Waals surface area contributed by atoms with Gasteiger partial charge in [0.2, 0.25) is 5.91 Å². The molecule has 9 nitrogen and oxygen atoms in total. The van der Waals surface area contributed by atoms with E-state index in [9.17, 15) is 9.59 Å². The van der Waals surface area contributed by atoms with Gasteiger partial charge in [-0.2, -0.15) is 4.68 Å². The van der Waals surface area contributed by atoms with Crippen molar-refractivity contribution in [1.29, 1.82) is 0 Å². The molecule has 1 aliphatic rings. The lowest BCUT2D eigenvalue weighted by molar-refractivity contribution is -0.143. The van der Waals surface area contributed by atoms with Crippen LogP contribution in [0.1, 0.15) is 25.0 Å². The Labute approximate surface area is 167 Å². The van der Waals surface area contributed by atoms with E-state index in [1.807, 2.05) is 45.9 Å². The molecular formula is C20H24N6O3. The van der Waals surface area contributed by atoms with Gasteiger partial charge < -0.3 is 9.64 Å². The van der Waals surface area contributed by atoms with Crippen LogP contribution in [0.15, 0.2) is 29.3 Å². The van der Waals surface area contributed by atoms with Crippen molar-refractivity contribution in [2.45, 2.75) is 46.4 Å². The number of benzene rings is 1. The van der Waals surface area contributed by atoms with Crippen LogP contribution in [-0.2, 0) is 16.1 Å². The zero-order valence-corrected chi connectivity index (χ0v) is 17.0. The summed E-state index contributed by atoms with van der Waals surface area (Å²) in [6.07, 6.45) is 1.33. The maximum absolute atomic E-state index is 12.9. The topological polar surface area (TPSA) is 95.1 Å². The Morgan fingerprint density at radius 1 is 1.17 bits per heavy atom. The molecule has 0 N–H and O–H groups in total. The summed E-state index contributed by atoms with van der Waals surface area (Å²) in [5, 5.41) is 8.13. The molecule has 2 atom stereocenters. The largest absolute Gasteiger partial charge is 0.372 e. The highest BCUT2D eigenvalue weighted by molar-refractivity contribution is 5.77. The van der Waals surface area contributed by atoms with Gasteiger partial charge >= 0.3 is 0 Å². The minimum Gasteiger partial charge on any atom is -0.372 e. The van der Waals surface area contributed by atoms with Crippen molar-refractivity contribution in [2.24, 2.45) is 0 Å². The number of amides is 1. The predicted octanol–water partition coefficient (Wildman–Crippen LogP) is 1.23. The number of ether oxygens (including phenoxy) is 1. The van der Waals surface area contributed by atoms with Gasteiger partial charge in [0.15, 0.2) is 11.2 Å². The molecule has 0 unspecified atom stereocenters. The zero-order chi connectivity index (χ0) is 20.7. The van der Waals surface area contributed by atoms with E-state index in [-0.39, 0.29) is 35.7 Å². The third-order valence-electron chi connectivity index (χ3n) is 5.24. The van der Waals surface area contributed by atoms with Gasteiger partial charge in [0.1, 0.15) is 12.9 Å². The lowest BCUT2D eigenvalue weighted by Crippen LogP contribution is -2.49. The zero-order valence-electron chi connectivity index (χ0n) is 17.0. The molecule has 9 heteroatoms. The van der Waals surface area contributed by atoms with E-state index in [1.165, 1.54) is 16.5 Å². The highest BCUT2D eigenvalue weighted by Crippen LogP contribution is 2.16. The number of aryl methyl sites for hydroxylation is 2. The molecule has 2 aromatic heterocycles. The number of hydrogen-bond donors (Lipinski definition) is 0. The van der Waals surface area contributed by atoms with Crippen LogP contribution in [0.25, 0.3) is 16.9 Å². The Morgan fingerprint density at radius 3 is 2.59 bits per heavy atom. The summed E-state index contributed by atoms with van der Waals surface area (Å²) in [4.78, 5) is 31.6. The third-order valence-corrected chi connectivity index (χ3v) is 5.24. The summed E-state index contributed by atoms with van der Waals surface area (Å²) < 4.78 is 8.49. The highest BCUT2D eigenvalue weighted by Gasteiger charge is 2.26. The van der Waals surface area contributed by atoms with Crippen molar-refractivity contribution in [3.05, 3.63) is 46.0 Å². The molecule has 0 radical (unpaired) electrons. The van der Waals surface area contributed by atoms with Gasteiger partial charge in [-0.05, 0) is 51.0 Å². The molecule has 0 bridgehead atoms. The molecule has 1 aromatic carbocycles. The Kier molecular flexibility index (Phi) is 4.91. The third kappa shape index (κ3) is 3.65. The Balaban J connectivity index is 1.63. The van der Waals surface area contributed by atoms with Gasteiger partial charge in [-0.15, -0.1) is 5.10 Å². The summed E-state index contributed by atoms with van der Waals surface area (Å²) in [6, 6.07) is 5.87. The number of carbonyl (C=O) groups excluding carboxylic acids is 1. The normalized spacial score (nSPS) is 19.7. The second-order valence-corrected chi connectivity index (χ2v) is 7.68. The minimum absolute atomic E-state index is 0.0297. The van der Waals surface area contributed by atoms with E-state index in [2.05, 4.69) is 15.3 Å². The number of hydrogen-bond acceptors (Lipinski definition) is 6. The maximum Gasteiger partial charge on any atom is 0.284 e. The smallest absolute Gasteiger partial charge is 0.284 e. The second kappa shape index (κ2) is 7.40. The Morgan fingerprint density at radius 2 is 1.90 bits per heavy atom. The first-order valence-electron chi connectivity index (χ1n) is 9.65. The number of carbonyl (C=O) groups is 1. The maximum atomic E-state index is 12.9. The molecule has 0 saturated carbocycles. The van der Waals surface area contributed by atoms with E-state index in [0.29, 0.717) is 18.7 Å². The first-order chi connectivity index (χ1) is 13.8. The van der Waals surface area contributed by atoms with E-state index < -0.39 is 0 Å². The first kappa shape index (κ1) is 19.3. The van der Waals surface area contributed by atoms with Crippen LogP contribution in [0, 0.1) is 13.8 Å². The van der Waals surface area contributed by atoms with Crippen LogP contribution in [-0.4, -0.2) is 60.6 Å². The van der Waals surface area contributed by atoms with E-state index >= 15 is 0 Å². The van der Waals surface area contributed by atoms with Crippen LogP contribution in [0.2, 0.25) is 0 Å². The SMILES string of the molecule is Cc1ccc(-n2nnc3c(=O)n(CC(=O)N4C[C@H](C)O[C@@H](C)C4)cnc32)cc1C. The number of aromatic nitrogens is 5. The quantitative estimate of drug-likeness (QED) is 0.661. The van der Waals surface area contributed by atoms with Crippen molar-refractivity contribution in [2.75, 3.05) is 13.1 Å². The van der Waals surface area contributed by atoms with E-state index in [4.69, 9.17) is 4.74 Å². The van der Waals surface area contributed by atoms with Crippen LogP contribution >= 0.6 is 0 Å². The molecule has 0 aliphatic carbocycles. The van der Waals surface area contributed by atoms with Gasteiger partial charge in [0, 0.05) is 13.1 Å². The number of rotatable bonds is 3. The summed E-state index contributed by atoms with van der Waals surface area (Å²) >= 11 is 0. The molecule has 0 spiro atoms. The molecule has 4 rings (SSSR count). The fourth-order valence-corrected chi connectivity index (χ4v) is 3.62. The van der Waals surface area contributed by atoms with Crippen molar-refractivity contribution in [3.8, 4) is 5.69 Å². The summed E-state index contributed by atoms with van der Waals surface area (Å²) in [6.45, 7) is 8.84. The minimum atomic E-state index is -0.382. The Bertz CT molecular complexity index is 1120.